The fourth-order valence-corrected chi connectivity index (χ4v) is 1.63. The number of rotatable bonds is 1. The molecule has 0 aromatic heterocycles. The Morgan fingerprint density at radius 2 is 1.73 bits per heavy atom. The van der Waals surface area contributed by atoms with E-state index in [0.717, 1.165) is 11.1 Å². The average molecular weight is 187 g/mol. The summed E-state index contributed by atoms with van der Waals surface area (Å²) in [5.74, 6) is 0. The molecule has 0 saturated heterocycles. The van der Waals surface area contributed by atoms with Gasteiger partial charge in [-0.2, -0.15) is 0 Å². The third-order valence-corrected chi connectivity index (χ3v) is 2.02. The molecule has 0 unspecified atom stereocenters. The minimum Gasteiger partial charge on any atom is -0.0954 e. The Hall–Kier alpha value is -0.460. The van der Waals surface area contributed by atoms with E-state index in [2.05, 4.69) is 6.58 Å². The first-order valence-electron chi connectivity index (χ1n) is 3.23. The highest BCUT2D eigenvalue weighted by Gasteiger charge is 2.04. The molecule has 0 N–H and O–H groups in total. The Balaban J connectivity index is 3.32. The van der Waals surface area contributed by atoms with Gasteiger partial charge in [0.05, 0.1) is 0 Å². The molecule has 1 aromatic carbocycles. The zero-order chi connectivity index (χ0) is 8.43. The lowest BCUT2D eigenvalue weighted by Crippen LogP contribution is -1.81. The number of benzene rings is 1. The van der Waals surface area contributed by atoms with Crippen LogP contribution in [-0.2, 0) is 0 Å². The van der Waals surface area contributed by atoms with E-state index in [-0.39, 0.29) is 0 Å². The average Bonchev–Trinajstić information content (AvgIpc) is 1.85. The van der Waals surface area contributed by atoms with Crippen LogP contribution in [0.4, 0.5) is 0 Å². The molecular formula is C9H8Cl2. The topological polar surface area (TPSA) is 0 Å². The summed E-state index contributed by atoms with van der Waals surface area (Å²) in [5, 5.41) is 1.31. The first-order valence-corrected chi connectivity index (χ1v) is 3.98. The molecule has 11 heavy (non-hydrogen) atoms. The lowest BCUT2D eigenvalue weighted by atomic mass is 10.1. The van der Waals surface area contributed by atoms with Gasteiger partial charge in [0.1, 0.15) is 0 Å². The smallest absolute Gasteiger partial charge is 0.0495 e. The maximum absolute atomic E-state index is 5.88. The molecule has 0 radical (unpaired) electrons. The number of hydrogen-bond donors (Lipinski definition) is 0. The van der Waals surface area contributed by atoms with E-state index in [4.69, 9.17) is 23.2 Å². The molecule has 58 valence electrons. The predicted molar refractivity (Wildman–Crippen MR) is 51.2 cm³/mol. The lowest BCUT2D eigenvalue weighted by molar-refractivity contribution is 1.58. The van der Waals surface area contributed by atoms with Gasteiger partial charge in [0, 0.05) is 15.6 Å². The Kier molecular flexibility index (Phi) is 2.58. The van der Waals surface area contributed by atoms with Crippen molar-refractivity contribution in [3.63, 3.8) is 0 Å². The number of allylic oxidation sites excluding steroid dienone is 1. The van der Waals surface area contributed by atoms with Gasteiger partial charge in [-0.25, -0.2) is 0 Å². The maximum Gasteiger partial charge on any atom is 0.0495 e. The molecule has 0 saturated carbocycles. The third kappa shape index (κ3) is 1.76. The van der Waals surface area contributed by atoms with Gasteiger partial charge < -0.3 is 0 Å². The third-order valence-electron chi connectivity index (χ3n) is 1.39. The molecular weight excluding hydrogens is 179 g/mol. The summed E-state index contributed by atoms with van der Waals surface area (Å²) in [4.78, 5) is 0. The van der Waals surface area contributed by atoms with Gasteiger partial charge in [0.2, 0.25) is 0 Å². The SMILES string of the molecule is C=C(C)c1c(Cl)cccc1Cl. The highest BCUT2D eigenvalue weighted by molar-refractivity contribution is 6.37. The molecule has 1 rings (SSSR count). The van der Waals surface area contributed by atoms with E-state index in [1.807, 2.05) is 13.0 Å². The second-order valence-electron chi connectivity index (χ2n) is 2.38. The minimum atomic E-state index is 0.657. The van der Waals surface area contributed by atoms with Gasteiger partial charge in [0.25, 0.3) is 0 Å². The zero-order valence-corrected chi connectivity index (χ0v) is 7.71. The Morgan fingerprint density at radius 1 is 1.27 bits per heavy atom. The highest BCUT2D eigenvalue weighted by Crippen LogP contribution is 2.29. The Labute approximate surface area is 76.4 Å². The van der Waals surface area contributed by atoms with Gasteiger partial charge >= 0.3 is 0 Å². The summed E-state index contributed by atoms with van der Waals surface area (Å²) < 4.78 is 0. The van der Waals surface area contributed by atoms with E-state index in [9.17, 15) is 0 Å². The van der Waals surface area contributed by atoms with Crippen molar-refractivity contribution < 1.29 is 0 Å². The quantitative estimate of drug-likeness (QED) is 0.622. The van der Waals surface area contributed by atoms with Gasteiger partial charge in [-0.15, -0.1) is 0 Å². The fraction of sp³-hybridized carbons (Fsp3) is 0.111. The second kappa shape index (κ2) is 3.29. The molecule has 0 aliphatic rings. The van der Waals surface area contributed by atoms with Crippen molar-refractivity contribution in [2.24, 2.45) is 0 Å². The number of hydrogen-bond acceptors (Lipinski definition) is 0. The van der Waals surface area contributed by atoms with Crippen molar-refractivity contribution in [2.45, 2.75) is 6.92 Å². The monoisotopic (exact) mass is 186 g/mol. The molecule has 0 aliphatic carbocycles. The standard InChI is InChI=1S/C9H8Cl2/c1-6(2)9-7(10)4-3-5-8(9)11/h3-5H,1H2,2H3. The van der Waals surface area contributed by atoms with Crippen molar-refractivity contribution in [3.05, 3.63) is 40.4 Å². The van der Waals surface area contributed by atoms with E-state index in [0.29, 0.717) is 10.0 Å². The van der Waals surface area contributed by atoms with Crippen LogP contribution < -0.4 is 0 Å². The van der Waals surface area contributed by atoms with Crippen LogP contribution >= 0.6 is 23.2 Å². The highest BCUT2D eigenvalue weighted by atomic mass is 35.5. The molecule has 1 aromatic rings. The molecule has 0 nitrogen and oxygen atoms in total. The summed E-state index contributed by atoms with van der Waals surface area (Å²) in [6.45, 7) is 5.66. The summed E-state index contributed by atoms with van der Waals surface area (Å²) in [6, 6.07) is 5.42. The van der Waals surface area contributed by atoms with Crippen LogP contribution in [0.5, 0.6) is 0 Å². The van der Waals surface area contributed by atoms with E-state index >= 15 is 0 Å². The van der Waals surface area contributed by atoms with Crippen molar-refractivity contribution in [1.29, 1.82) is 0 Å². The lowest BCUT2D eigenvalue weighted by Gasteiger charge is -2.04. The van der Waals surface area contributed by atoms with Crippen LogP contribution in [-0.4, -0.2) is 0 Å². The fourth-order valence-electron chi connectivity index (χ4n) is 0.906. The van der Waals surface area contributed by atoms with E-state index in [1.165, 1.54) is 0 Å². The van der Waals surface area contributed by atoms with E-state index in [1.54, 1.807) is 12.1 Å². The summed E-state index contributed by atoms with van der Waals surface area (Å²) in [6.07, 6.45) is 0. The summed E-state index contributed by atoms with van der Waals surface area (Å²) in [7, 11) is 0. The Morgan fingerprint density at radius 3 is 2.00 bits per heavy atom. The normalized spacial score (nSPS) is 9.73. The zero-order valence-electron chi connectivity index (χ0n) is 6.20. The molecule has 0 atom stereocenters. The molecule has 0 bridgehead atoms. The minimum absolute atomic E-state index is 0.657. The van der Waals surface area contributed by atoms with Gasteiger partial charge in [0.15, 0.2) is 0 Å². The first-order chi connectivity index (χ1) is 5.13. The van der Waals surface area contributed by atoms with Crippen LogP contribution in [0.1, 0.15) is 12.5 Å². The van der Waals surface area contributed by atoms with Crippen molar-refractivity contribution in [1.82, 2.24) is 0 Å². The largest absolute Gasteiger partial charge is 0.0954 e. The predicted octanol–water partition coefficient (Wildman–Crippen LogP) is 4.03. The van der Waals surface area contributed by atoms with Crippen LogP contribution in [0.3, 0.4) is 0 Å². The van der Waals surface area contributed by atoms with Gasteiger partial charge in [-0.3, -0.25) is 0 Å². The van der Waals surface area contributed by atoms with Crippen LogP contribution in [0.2, 0.25) is 10.0 Å². The van der Waals surface area contributed by atoms with Gasteiger partial charge in [-0.1, -0.05) is 35.8 Å². The van der Waals surface area contributed by atoms with Crippen LogP contribution in [0.25, 0.3) is 5.57 Å². The molecule has 0 aliphatic heterocycles. The van der Waals surface area contributed by atoms with Crippen molar-refractivity contribution >= 4 is 28.8 Å². The van der Waals surface area contributed by atoms with Crippen molar-refractivity contribution in [3.8, 4) is 0 Å². The van der Waals surface area contributed by atoms with Crippen molar-refractivity contribution in [2.75, 3.05) is 0 Å². The Bertz CT molecular complexity index is 269. The molecule has 2 heteroatoms. The molecule has 0 amide bonds. The van der Waals surface area contributed by atoms with Gasteiger partial charge in [-0.05, 0) is 24.6 Å². The molecule has 0 fully saturated rings. The summed E-state index contributed by atoms with van der Waals surface area (Å²) in [5.41, 5.74) is 1.73. The molecule has 0 spiro atoms. The first kappa shape index (κ1) is 8.63. The number of halogens is 2. The van der Waals surface area contributed by atoms with Crippen LogP contribution in [0, 0.1) is 0 Å². The second-order valence-corrected chi connectivity index (χ2v) is 3.19. The van der Waals surface area contributed by atoms with Crippen LogP contribution in [0.15, 0.2) is 24.8 Å². The maximum atomic E-state index is 5.88. The summed E-state index contributed by atoms with van der Waals surface area (Å²) >= 11 is 11.8. The van der Waals surface area contributed by atoms with E-state index < -0.39 is 0 Å². The molecule has 0 heterocycles.